The Morgan fingerprint density at radius 2 is 1.86 bits per heavy atom. The molecule has 22 heavy (non-hydrogen) atoms. The van der Waals surface area contributed by atoms with E-state index in [9.17, 15) is 4.79 Å². The lowest BCUT2D eigenvalue weighted by Crippen LogP contribution is -2.30. The number of carbonyl (C=O) groups is 1. The molecule has 1 aromatic carbocycles. The van der Waals surface area contributed by atoms with E-state index in [0.29, 0.717) is 11.8 Å². The molecule has 0 radical (unpaired) electrons. The molecule has 2 atom stereocenters. The molecule has 2 aliphatic rings. The zero-order valence-corrected chi connectivity index (χ0v) is 13.5. The van der Waals surface area contributed by atoms with Gasteiger partial charge in [0.15, 0.2) is 0 Å². The Kier molecular flexibility index (Phi) is 5.14. The van der Waals surface area contributed by atoms with Crippen molar-refractivity contribution < 1.29 is 9.53 Å². The third kappa shape index (κ3) is 3.52. The maximum absolute atomic E-state index is 12.2. The van der Waals surface area contributed by atoms with Crippen LogP contribution in [0.2, 0.25) is 0 Å². The van der Waals surface area contributed by atoms with Crippen molar-refractivity contribution in [2.24, 2.45) is 17.8 Å². The number of ether oxygens (including phenoxy) is 1. The maximum atomic E-state index is 12.2. The molecule has 0 aromatic heterocycles. The van der Waals surface area contributed by atoms with Crippen LogP contribution in [0.1, 0.15) is 37.7 Å². The van der Waals surface area contributed by atoms with Gasteiger partial charge in [-0.3, -0.25) is 9.69 Å². The Balaban J connectivity index is 1.69. The van der Waals surface area contributed by atoms with Gasteiger partial charge in [0.2, 0.25) is 0 Å². The third-order valence-corrected chi connectivity index (χ3v) is 5.45. The quantitative estimate of drug-likeness (QED) is 0.797. The van der Waals surface area contributed by atoms with E-state index in [1.165, 1.54) is 44.8 Å². The molecule has 0 bridgehead atoms. The number of methoxy groups -OCH3 is 1. The monoisotopic (exact) mass is 301 g/mol. The highest BCUT2D eigenvalue weighted by Crippen LogP contribution is 2.39. The molecular formula is C19H27NO2. The van der Waals surface area contributed by atoms with Gasteiger partial charge in [-0.15, -0.1) is 0 Å². The predicted molar refractivity (Wildman–Crippen MR) is 87.3 cm³/mol. The molecule has 3 rings (SSSR count). The van der Waals surface area contributed by atoms with Gasteiger partial charge >= 0.3 is 5.97 Å². The lowest BCUT2D eigenvalue weighted by Gasteiger charge is -2.30. The highest BCUT2D eigenvalue weighted by atomic mass is 16.5. The first-order chi connectivity index (χ1) is 10.8. The number of hydrogen-bond donors (Lipinski definition) is 0. The molecule has 0 spiro atoms. The van der Waals surface area contributed by atoms with Crippen LogP contribution < -0.4 is 0 Å². The Labute approximate surface area is 133 Å². The molecule has 1 heterocycles. The van der Waals surface area contributed by atoms with E-state index in [0.717, 1.165) is 19.6 Å². The second-order valence-electron chi connectivity index (χ2n) is 6.87. The van der Waals surface area contributed by atoms with Crippen LogP contribution in [0.15, 0.2) is 30.3 Å². The molecule has 120 valence electrons. The minimum atomic E-state index is -0.00821. The van der Waals surface area contributed by atoms with Crippen molar-refractivity contribution in [3.8, 4) is 0 Å². The molecule has 1 aliphatic heterocycles. The minimum Gasteiger partial charge on any atom is -0.469 e. The largest absolute Gasteiger partial charge is 0.469 e. The number of benzene rings is 1. The van der Waals surface area contributed by atoms with Gasteiger partial charge in [-0.2, -0.15) is 0 Å². The Morgan fingerprint density at radius 3 is 2.55 bits per heavy atom. The molecule has 3 heteroatoms. The molecule has 0 amide bonds. The van der Waals surface area contributed by atoms with Crippen molar-refractivity contribution in [3.63, 3.8) is 0 Å². The summed E-state index contributed by atoms with van der Waals surface area (Å²) in [4.78, 5) is 14.7. The number of likely N-dealkylation sites (tertiary alicyclic amines) is 1. The summed E-state index contributed by atoms with van der Waals surface area (Å²) in [6, 6.07) is 10.6. The molecule has 2 fully saturated rings. The van der Waals surface area contributed by atoms with Crippen LogP contribution in [0.25, 0.3) is 0 Å². The minimum absolute atomic E-state index is 0.00821. The molecule has 2 unspecified atom stereocenters. The fraction of sp³-hybridized carbons (Fsp3) is 0.632. The summed E-state index contributed by atoms with van der Waals surface area (Å²) in [5.41, 5.74) is 1.33. The van der Waals surface area contributed by atoms with Gasteiger partial charge in [-0.25, -0.2) is 0 Å². The van der Waals surface area contributed by atoms with Crippen molar-refractivity contribution in [2.75, 3.05) is 20.2 Å². The first-order valence-electron chi connectivity index (χ1n) is 8.62. The van der Waals surface area contributed by atoms with Crippen LogP contribution in [-0.2, 0) is 16.1 Å². The van der Waals surface area contributed by atoms with Crippen LogP contribution in [0, 0.1) is 17.8 Å². The summed E-state index contributed by atoms with van der Waals surface area (Å²) in [7, 11) is 1.53. The van der Waals surface area contributed by atoms with Crippen LogP contribution in [0.5, 0.6) is 0 Å². The molecule has 1 saturated carbocycles. The van der Waals surface area contributed by atoms with E-state index in [1.807, 2.05) is 0 Å². The van der Waals surface area contributed by atoms with Crippen LogP contribution in [-0.4, -0.2) is 31.1 Å². The topological polar surface area (TPSA) is 29.5 Å². The number of carbonyl (C=O) groups excluding carboxylic acids is 1. The summed E-state index contributed by atoms with van der Waals surface area (Å²) < 4.78 is 5.09. The molecule has 1 aromatic rings. The smallest absolute Gasteiger partial charge is 0.310 e. The normalized spacial score (nSPS) is 27.0. The van der Waals surface area contributed by atoms with Crippen molar-refractivity contribution in [2.45, 2.75) is 38.6 Å². The van der Waals surface area contributed by atoms with E-state index in [4.69, 9.17) is 4.74 Å². The summed E-state index contributed by atoms with van der Waals surface area (Å²) in [6.45, 7) is 2.83. The Bertz CT molecular complexity index is 481. The predicted octanol–water partition coefficient (Wildman–Crippen LogP) is 3.49. The zero-order chi connectivity index (χ0) is 15.4. The van der Waals surface area contributed by atoms with Gasteiger partial charge in [0, 0.05) is 19.6 Å². The van der Waals surface area contributed by atoms with Gasteiger partial charge < -0.3 is 4.74 Å². The van der Waals surface area contributed by atoms with E-state index in [1.54, 1.807) is 0 Å². The molecular weight excluding hydrogens is 274 g/mol. The van der Waals surface area contributed by atoms with E-state index < -0.39 is 0 Å². The van der Waals surface area contributed by atoms with Gasteiger partial charge in [0.05, 0.1) is 13.0 Å². The molecule has 0 N–H and O–H groups in total. The van der Waals surface area contributed by atoms with Gasteiger partial charge in [-0.05, 0) is 17.4 Å². The first kappa shape index (κ1) is 15.5. The van der Waals surface area contributed by atoms with Gasteiger partial charge in [0.1, 0.15) is 0 Å². The first-order valence-corrected chi connectivity index (χ1v) is 8.62. The summed E-state index contributed by atoms with van der Waals surface area (Å²) >= 11 is 0. The molecule has 1 aliphatic carbocycles. The lowest BCUT2D eigenvalue weighted by molar-refractivity contribution is -0.147. The molecule has 1 saturated heterocycles. The van der Waals surface area contributed by atoms with Crippen molar-refractivity contribution in [1.82, 2.24) is 4.90 Å². The maximum Gasteiger partial charge on any atom is 0.310 e. The van der Waals surface area contributed by atoms with E-state index in [-0.39, 0.29) is 11.9 Å². The second kappa shape index (κ2) is 7.28. The average Bonchev–Trinajstić information content (AvgIpc) is 3.00. The van der Waals surface area contributed by atoms with Crippen molar-refractivity contribution in [1.29, 1.82) is 0 Å². The van der Waals surface area contributed by atoms with E-state index in [2.05, 4.69) is 35.2 Å². The SMILES string of the molecule is COC(=O)C1CN(Cc2ccccc2)CC1C1CCCCC1. The van der Waals surface area contributed by atoms with Crippen LogP contribution in [0.4, 0.5) is 0 Å². The van der Waals surface area contributed by atoms with Crippen LogP contribution in [0.3, 0.4) is 0 Å². The summed E-state index contributed by atoms with van der Waals surface area (Å²) in [5.74, 6) is 1.25. The van der Waals surface area contributed by atoms with Crippen molar-refractivity contribution >= 4 is 5.97 Å². The molecule has 3 nitrogen and oxygen atoms in total. The number of rotatable bonds is 4. The van der Waals surface area contributed by atoms with Crippen LogP contribution >= 0.6 is 0 Å². The summed E-state index contributed by atoms with van der Waals surface area (Å²) in [5, 5.41) is 0. The lowest BCUT2D eigenvalue weighted by atomic mass is 9.75. The third-order valence-electron chi connectivity index (χ3n) is 5.45. The highest BCUT2D eigenvalue weighted by Gasteiger charge is 2.42. The zero-order valence-electron chi connectivity index (χ0n) is 13.5. The fourth-order valence-corrected chi connectivity index (χ4v) is 4.32. The van der Waals surface area contributed by atoms with E-state index >= 15 is 0 Å². The number of esters is 1. The number of hydrogen-bond acceptors (Lipinski definition) is 3. The van der Waals surface area contributed by atoms with Gasteiger partial charge in [0.25, 0.3) is 0 Å². The van der Waals surface area contributed by atoms with Crippen molar-refractivity contribution in [3.05, 3.63) is 35.9 Å². The van der Waals surface area contributed by atoms with Gasteiger partial charge in [-0.1, -0.05) is 62.4 Å². The second-order valence-corrected chi connectivity index (χ2v) is 6.87. The Hall–Kier alpha value is -1.35. The standard InChI is InChI=1S/C19H27NO2/c1-22-19(21)18-14-20(12-15-8-4-2-5-9-15)13-17(18)16-10-6-3-7-11-16/h2,4-5,8-9,16-18H,3,6-7,10-14H2,1H3. The fourth-order valence-electron chi connectivity index (χ4n) is 4.32. The Morgan fingerprint density at radius 1 is 1.14 bits per heavy atom. The number of nitrogens with zero attached hydrogens (tertiary/aromatic N) is 1. The average molecular weight is 301 g/mol. The summed E-state index contributed by atoms with van der Waals surface area (Å²) in [6.07, 6.45) is 6.59. The highest BCUT2D eigenvalue weighted by molar-refractivity contribution is 5.73.